The number of anilines is 2. The number of carbonyl (C=O) groups is 2. The smallest absolute Gasteiger partial charge is 0.264 e. The van der Waals surface area contributed by atoms with E-state index in [0.29, 0.717) is 36.5 Å². The van der Waals surface area contributed by atoms with Crippen LogP contribution in [0.25, 0.3) is 0 Å². The van der Waals surface area contributed by atoms with Crippen molar-refractivity contribution >= 4 is 23.2 Å². The van der Waals surface area contributed by atoms with Gasteiger partial charge in [-0.05, 0) is 31.2 Å². The Balaban J connectivity index is 2.12. The zero-order chi connectivity index (χ0) is 13.8. The molecule has 0 aromatic heterocycles. The second kappa shape index (κ2) is 5.71. The number of fused-ring (bicyclic) bond motifs is 1. The normalized spacial score (nSPS) is 13.8. The topological polar surface area (TPSA) is 84.7 Å². The van der Waals surface area contributed by atoms with Crippen LogP contribution in [0.4, 0.5) is 11.4 Å². The minimum absolute atomic E-state index is 0.0473. The summed E-state index contributed by atoms with van der Waals surface area (Å²) in [4.78, 5) is 24.7. The molecule has 0 saturated heterocycles. The van der Waals surface area contributed by atoms with Crippen LogP contribution in [-0.4, -0.2) is 32.0 Å². The van der Waals surface area contributed by atoms with Gasteiger partial charge in [-0.1, -0.05) is 0 Å². The van der Waals surface area contributed by atoms with Gasteiger partial charge in [-0.2, -0.15) is 0 Å². The fraction of sp³-hybridized carbons (Fsp3) is 0.385. The number of ether oxygens (including phenoxy) is 1. The highest BCUT2D eigenvalue weighted by atomic mass is 16.5. The van der Waals surface area contributed by atoms with Crippen molar-refractivity contribution < 1.29 is 14.3 Å². The molecule has 3 N–H and O–H groups in total. The molecule has 1 aliphatic heterocycles. The zero-order valence-corrected chi connectivity index (χ0v) is 10.8. The van der Waals surface area contributed by atoms with E-state index >= 15 is 0 Å². The van der Waals surface area contributed by atoms with Crippen LogP contribution in [0.5, 0.6) is 5.75 Å². The Hall–Kier alpha value is -2.08. The molecule has 0 aliphatic carbocycles. The fourth-order valence-electron chi connectivity index (χ4n) is 1.84. The third-order valence-corrected chi connectivity index (χ3v) is 2.94. The number of hydrogen-bond donors (Lipinski definition) is 2. The molecule has 1 aromatic rings. The van der Waals surface area contributed by atoms with Crippen LogP contribution >= 0.6 is 0 Å². The molecule has 6 nitrogen and oxygen atoms in total. The predicted molar refractivity (Wildman–Crippen MR) is 72.3 cm³/mol. The van der Waals surface area contributed by atoms with Crippen molar-refractivity contribution in [2.75, 3.05) is 30.4 Å². The van der Waals surface area contributed by atoms with E-state index in [1.165, 1.54) is 4.90 Å². The molecule has 0 spiro atoms. The first-order valence-corrected chi connectivity index (χ1v) is 6.15. The largest absolute Gasteiger partial charge is 0.482 e. The summed E-state index contributed by atoms with van der Waals surface area (Å²) in [5.74, 6) is 0.442. The second-order valence-electron chi connectivity index (χ2n) is 4.36. The number of rotatable bonds is 4. The number of likely N-dealkylation sites (N-methyl/N-ethyl adjacent to an activating group) is 1. The van der Waals surface area contributed by atoms with Crippen molar-refractivity contribution in [1.29, 1.82) is 0 Å². The molecular weight excluding hydrogens is 246 g/mol. The van der Waals surface area contributed by atoms with Gasteiger partial charge in [0, 0.05) is 19.2 Å². The third kappa shape index (κ3) is 3.03. The van der Waals surface area contributed by atoms with Gasteiger partial charge >= 0.3 is 0 Å². The molecular formula is C13H17N3O3. The summed E-state index contributed by atoms with van der Waals surface area (Å²) in [6.45, 7) is 0.536. The van der Waals surface area contributed by atoms with Crippen molar-refractivity contribution in [3.05, 3.63) is 18.2 Å². The van der Waals surface area contributed by atoms with Gasteiger partial charge in [-0.3, -0.25) is 9.59 Å². The first kappa shape index (κ1) is 13.4. The van der Waals surface area contributed by atoms with Crippen LogP contribution in [0.2, 0.25) is 0 Å². The van der Waals surface area contributed by atoms with Gasteiger partial charge in [0.2, 0.25) is 5.91 Å². The number of carbonyl (C=O) groups excluding carboxylic acids is 2. The van der Waals surface area contributed by atoms with E-state index in [9.17, 15) is 9.59 Å². The number of amides is 2. The Kier molecular flexibility index (Phi) is 4.01. The number of nitrogens with one attached hydrogen (secondary N) is 1. The molecule has 0 unspecified atom stereocenters. The molecule has 1 heterocycles. The average Bonchev–Trinajstić information content (AvgIpc) is 2.41. The lowest BCUT2D eigenvalue weighted by Crippen LogP contribution is -2.35. The van der Waals surface area contributed by atoms with Crippen LogP contribution < -0.4 is 20.7 Å². The second-order valence-corrected chi connectivity index (χ2v) is 4.36. The molecule has 1 aliphatic rings. The van der Waals surface area contributed by atoms with Crippen LogP contribution in [0.3, 0.4) is 0 Å². The summed E-state index contributed by atoms with van der Waals surface area (Å²) < 4.78 is 5.31. The highest BCUT2D eigenvalue weighted by Crippen LogP contribution is 2.33. The molecule has 2 rings (SSSR count). The summed E-state index contributed by atoms with van der Waals surface area (Å²) in [5.41, 5.74) is 6.66. The quantitative estimate of drug-likeness (QED) is 0.838. The van der Waals surface area contributed by atoms with Gasteiger partial charge < -0.3 is 20.7 Å². The molecule has 2 amide bonds. The summed E-state index contributed by atoms with van der Waals surface area (Å²) in [6.07, 6.45) is 1.04. The molecule has 0 fully saturated rings. The molecule has 0 atom stereocenters. The standard InChI is InChI=1S/C13H17N3O3/c1-16-10-7-9(15-12(17)3-2-6-14)4-5-11(10)19-8-13(16)18/h4-5,7H,2-3,6,8,14H2,1H3,(H,15,17). The number of nitrogens with two attached hydrogens (primary N) is 1. The van der Waals surface area contributed by atoms with Crippen molar-refractivity contribution in [2.24, 2.45) is 5.73 Å². The van der Waals surface area contributed by atoms with E-state index < -0.39 is 0 Å². The first-order chi connectivity index (χ1) is 9.11. The fourth-order valence-corrected chi connectivity index (χ4v) is 1.84. The van der Waals surface area contributed by atoms with Gasteiger partial charge in [-0.15, -0.1) is 0 Å². The van der Waals surface area contributed by atoms with Crippen molar-refractivity contribution in [2.45, 2.75) is 12.8 Å². The van der Waals surface area contributed by atoms with Crippen LogP contribution in [0, 0.1) is 0 Å². The Labute approximate surface area is 111 Å². The van der Waals surface area contributed by atoms with Crippen LogP contribution in [0.15, 0.2) is 18.2 Å². The van der Waals surface area contributed by atoms with Gasteiger partial charge in [0.05, 0.1) is 5.69 Å². The number of benzene rings is 1. The van der Waals surface area contributed by atoms with Crippen LogP contribution in [0.1, 0.15) is 12.8 Å². The Bertz CT molecular complexity index is 502. The van der Waals surface area contributed by atoms with Crippen molar-refractivity contribution in [1.82, 2.24) is 0 Å². The Morgan fingerprint density at radius 3 is 3.05 bits per heavy atom. The van der Waals surface area contributed by atoms with Gasteiger partial charge in [0.15, 0.2) is 6.61 Å². The highest BCUT2D eigenvalue weighted by Gasteiger charge is 2.22. The maximum absolute atomic E-state index is 11.6. The van der Waals surface area contributed by atoms with Gasteiger partial charge in [0.25, 0.3) is 5.91 Å². The lowest BCUT2D eigenvalue weighted by atomic mass is 10.2. The Morgan fingerprint density at radius 1 is 1.53 bits per heavy atom. The maximum Gasteiger partial charge on any atom is 0.264 e. The number of hydrogen-bond acceptors (Lipinski definition) is 4. The summed E-state index contributed by atoms with van der Waals surface area (Å²) in [7, 11) is 1.68. The lowest BCUT2D eigenvalue weighted by Gasteiger charge is -2.26. The first-order valence-electron chi connectivity index (χ1n) is 6.15. The average molecular weight is 263 g/mol. The summed E-state index contributed by atoms with van der Waals surface area (Å²) in [6, 6.07) is 5.23. The van der Waals surface area contributed by atoms with Crippen LogP contribution in [-0.2, 0) is 9.59 Å². The van der Waals surface area contributed by atoms with E-state index in [1.807, 2.05) is 0 Å². The van der Waals surface area contributed by atoms with Gasteiger partial charge in [-0.25, -0.2) is 0 Å². The monoisotopic (exact) mass is 263 g/mol. The number of nitrogens with zero attached hydrogens (tertiary/aromatic N) is 1. The summed E-state index contributed by atoms with van der Waals surface area (Å²) in [5, 5.41) is 2.77. The minimum atomic E-state index is -0.112. The van der Waals surface area contributed by atoms with E-state index in [1.54, 1.807) is 25.2 Å². The molecule has 19 heavy (non-hydrogen) atoms. The summed E-state index contributed by atoms with van der Waals surface area (Å²) >= 11 is 0. The lowest BCUT2D eigenvalue weighted by molar-refractivity contribution is -0.121. The molecule has 1 aromatic carbocycles. The maximum atomic E-state index is 11.6. The highest BCUT2D eigenvalue weighted by molar-refractivity contribution is 5.99. The molecule has 6 heteroatoms. The molecule has 0 saturated carbocycles. The van der Waals surface area contributed by atoms with E-state index in [4.69, 9.17) is 10.5 Å². The minimum Gasteiger partial charge on any atom is -0.482 e. The predicted octanol–water partition coefficient (Wildman–Crippen LogP) is 0.719. The van der Waals surface area contributed by atoms with Gasteiger partial charge in [0.1, 0.15) is 5.75 Å². The molecule has 0 radical (unpaired) electrons. The Morgan fingerprint density at radius 2 is 2.32 bits per heavy atom. The zero-order valence-electron chi connectivity index (χ0n) is 10.8. The van der Waals surface area contributed by atoms with E-state index in [0.717, 1.165) is 0 Å². The molecule has 0 bridgehead atoms. The van der Waals surface area contributed by atoms with E-state index in [2.05, 4.69) is 5.32 Å². The SMILES string of the molecule is CN1C(=O)COc2ccc(NC(=O)CCCN)cc21. The third-order valence-electron chi connectivity index (χ3n) is 2.94. The van der Waals surface area contributed by atoms with Crippen molar-refractivity contribution in [3.63, 3.8) is 0 Å². The van der Waals surface area contributed by atoms with E-state index in [-0.39, 0.29) is 18.4 Å². The van der Waals surface area contributed by atoms with Crippen molar-refractivity contribution in [3.8, 4) is 5.75 Å². The molecule has 102 valence electrons.